The molecule has 0 aliphatic carbocycles. The Bertz CT molecular complexity index is 656. The van der Waals surface area contributed by atoms with Crippen molar-refractivity contribution in [3.05, 3.63) is 48.2 Å². The predicted octanol–water partition coefficient (Wildman–Crippen LogP) is 3.01. The van der Waals surface area contributed by atoms with E-state index in [0.29, 0.717) is 22.0 Å². The van der Waals surface area contributed by atoms with E-state index in [1.165, 1.54) is 18.7 Å². The second-order valence-electron chi connectivity index (χ2n) is 4.27. The summed E-state index contributed by atoms with van der Waals surface area (Å²) in [5, 5.41) is 6.16. The molecule has 0 spiro atoms. The Kier molecular flexibility index (Phi) is 4.94. The lowest BCUT2D eigenvalue weighted by molar-refractivity contribution is -0.114. The van der Waals surface area contributed by atoms with Crippen molar-refractivity contribution in [2.24, 2.45) is 0 Å². The minimum Gasteiger partial charge on any atom is -0.326 e. The van der Waals surface area contributed by atoms with Crippen LogP contribution in [0.15, 0.2) is 47.6 Å². The van der Waals surface area contributed by atoms with E-state index in [-0.39, 0.29) is 11.8 Å². The van der Waals surface area contributed by atoms with Crippen molar-refractivity contribution < 1.29 is 9.59 Å². The van der Waals surface area contributed by atoms with E-state index in [0.717, 1.165) is 0 Å². The van der Waals surface area contributed by atoms with Gasteiger partial charge in [0, 0.05) is 24.5 Å². The van der Waals surface area contributed by atoms with Crippen LogP contribution in [0.4, 0.5) is 11.4 Å². The Balaban J connectivity index is 2.10. The fraction of sp³-hybridized carbons (Fsp3) is 0.133. The topological polar surface area (TPSA) is 71.1 Å². The number of hydrogen-bond acceptors (Lipinski definition) is 4. The number of nitrogens with zero attached hydrogens (tertiary/aromatic N) is 1. The van der Waals surface area contributed by atoms with Gasteiger partial charge in [-0.25, -0.2) is 4.98 Å². The highest BCUT2D eigenvalue weighted by Gasteiger charge is 2.11. The van der Waals surface area contributed by atoms with E-state index in [2.05, 4.69) is 15.6 Å². The van der Waals surface area contributed by atoms with Crippen LogP contribution in [0.1, 0.15) is 17.3 Å². The normalized spacial score (nSPS) is 10.0. The highest BCUT2D eigenvalue weighted by atomic mass is 32.2. The van der Waals surface area contributed by atoms with Crippen LogP contribution in [-0.4, -0.2) is 23.1 Å². The van der Waals surface area contributed by atoms with Gasteiger partial charge in [-0.15, -0.1) is 11.8 Å². The van der Waals surface area contributed by atoms with E-state index in [1.807, 2.05) is 6.26 Å². The number of hydrogen-bond donors (Lipinski definition) is 2. The minimum atomic E-state index is -0.209. The highest BCUT2D eigenvalue weighted by Crippen LogP contribution is 2.19. The number of rotatable bonds is 4. The van der Waals surface area contributed by atoms with Gasteiger partial charge >= 0.3 is 0 Å². The molecule has 1 aromatic heterocycles. The molecule has 2 rings (SSSR count). The zero-order valence-electron chi connectivity index (χ0n) is 11.7. The second-order valence-corrected chi connectivity index (χ2v) is 5.07. The number of pyridine rings is 1. The van der Waals surface area contributed by atoms with E-state index in [9.17, 15) is 9.59 Å². The van der Waals surface area contributed by atoms with Crippen molar-refractivity contribution in [2.75, 3.05) is 16.9 Å². The first-order valence-electron chi connectivity index (χ1n) is 6.28. The quantitative estimate of drug-likeness (QED) is 0.852. The molecule has 0 saturated heterocycles. The molecule has 5 nitrogen and oxygen atoms in total. The number of carbonyl (C=O) groups excluding carboxylic acids is 2. The fourth-order valence-corrected chi connectivity index (χ4v) is 2.31. The van der Waals surface area contributed by atoms with Crippen LogP contribution >= 0.6 is 11.8 Å². The minimum absolute atomic E-state index is 0.133. The highest BCUT2D eigenvalue weighted by molar-refractivity contribution is 7.98. The van der Waals surface area contributed by atoms with Crippen molar-refractivity contribution in [1.82, 2.24) is 4.98 Å². The Labute approximate surface area is 127 Å². The lowest BCUT2D eigenvalue weighted by Crippen LogP contribution is -2.13. The molecule has 0 bridgehead atoms. The molecule has 0 aliphatic rings. The van der Waals surface area contributed by atoms with Gasteiger partial charge in [0.2, 0.25) is 5.91 Å². The van der Waals surface area contributed by atoms with Crippen molar-refractivity contribution >= 4 is 35.0 Å². The molecule has 2 aromatic rings. The number of anilines is 2. The molecule has 2 N–H and O–H groups in total. The monoisotopic (exact) mass is 301 g/mol. The van der Waals surface area contributed by atoms with Crippen LogP contribution in [0.5, 0.6) is 0 Å². The lowest BCUT2D eigenvalue weighted by atomic mass is 10.2. The van der Waals surface area contributed by atoms with Gasteiger partial charge in [-0.3, -0.25) is 9.59 Å². The third-order valence-electron chi connectivity index (χ3n) is 2.67. The molecule has 0 fully saturated rings. The molecule has 0 atom stereocenters. The van der Waals surface area contributed by atoms with Crippen LogP contribution in [0.3, 0.4) is 0 Å². The lowest BCUT2D eigenvalue weighted by Gasteiger charge is -2.08. The van der Waals surface area contributed by atoms with E-state index in [4.69, 9.17) is 0 Å². The molecule has 1 aromatic carbocycles. The number of carbonyl (C=O) groups is 2. The average Bonchev–Trinajstić information content (AvgIpc) is 2.48. The largest absolute Gasteiger partial charge is 0.326 e. The molecule has 1 heterocycles. The maximum atomic E-state index is 12.2. The van der Waals surface area contributed by atoms with Crippen molar-refractivity contribution in [1.29, 1.82) is 0 Å². The maximum absolute atomic E-state index is 12.2. The van der Waals surface area contributed by atoms with Crippen LogP contribution in [0.2, 0.25) is 0 Å². The van der Waals surface area contributed by atoms with Gasteiger partial charge in [0.15, 0.2) is 0 Å². The van der Waals surface area contributed by atoms with Gasteiger partial charge in [-0.1, -0.05) is 0 Å². The third-order valence-corrected chi connectivity index (χ3v) is 3.38. The number of thioether (sulfide) groups is 1. The van der Waals surface area contributed by atoms with Gasteiger partial charge < -0.3 is 10.6 Å². The van der Waals surface area contributed by atoms with Crippen molar-refractivity contribution in [2.45, 2.75) is 11.9 Å². The molecule has 0 saturated carbocycles. The fourth-order valence-electron chi connectivity index (χ4n) is 1.76. The SMILES string of the molecule is CSc1ncccc1C(=O)Nc1ccc(NC(C)=O)cc1. The van der Waals surface area contributed by atoms with E-state index < -0.39 is 0 Å². The molecule has 0 unspecified atom stereocenters. The Morgan fingerprint density at radius 2 is 1.67 bits per heavy atom. The standard InChI is InChI=1S/C15H15N3O2S/c1-10(19)17-11-5-7-12(8-6-11)18-14(20)13-4-3-9-16-15(13)21-2/h3-9H,1-2H3,(H,17,19)(H,18,20). The van der Waals surface area contributed by atoms with E-state index >= 15 is 0 Å². The van der Waals surface area contributed by atoms with E-state index in [1.54, 1.807) is 42.6 Å². The average molecular weight is 301 g/mol. The molecule has 2 amide bonds. The predicted molar refractivity (Wildman–Crippen MR) is 84.7 cm³/mol. The zero-order chi connectivity index (χ0) is 15.2. The summed E-state index contributed by atoms with van der Waals surface area (Å²) < 4.78 is 0. The summed E-state index contributed by atoms with van der Waals surface area (Å²) in [7, 11) is 0. The first-order valence-corrected chi connectivity index (χ1v) is 7.50. The number of benzene rings is 1. The molecular formula is C15H15N3O2S. The van der Waals surface area contributed by atoms with Gasteiger partial charge in [-0.05, 0) is 42.7 Å². The summed E-state index contributed by atoms with van der Waals surface area (Å²) in [6.45, 7) is 1.45. The first kappa shape index (κ1) is 15.1. The molecule has 0 radical (unpaired) electrons. The molecule has 6 heteroatoms. The molecular weight excluding hydrogens is 286 g/mol. The smallest absolute Gasteiger partial charge is 0.258 e. The van der Waals surface area contributed by atoms with Crippen LogP contribution in [-0.2, 0) is 4.79 Å². The van der Waals surface area contributed by atoms with Gasteiger partial charge in [0.05, 0.1) is 5.56 Å². The van der Waals surface area contributed by atoms with Crippen molar-refractivity contribution in [3.8, 4) is 0 Å². The van der Waals surface area contributed by atoms with Crippen LogP contribution in [0.25, 0.3) is 0 Å². The van der Waals surface area contributed by atoms with Crippen LogP contribution in [0, 0.1) is 0 Å². The molecule has 0 aliphatic heterocycles. The third kappa shape index (κ3) is 4.06. The second kappa shape index (κ2) is 6.90. The summed E-state index contributed by atoms with van der Waals surface area (Å²) in [6.07, 6.45) is 3.53. The summed E-state index contributed by atoms with van der Waals surface area (Å²) >= 11 is 1.42. The van der Waals surface area contributed by atoms with Gasteiger partial charge in [0.1, 0.15) is 5.03 Å². The number of nitrogens with one attached hydrogen (secondary N) is 2. The summed E-state index contributed by atoms with van der Waals surface area (Å²) in [5.41, 5.74) is 1.88. The summed E-state index contributed by atoms with van der Waals surface area (Å²) in [6, 6.07) is 10.4. The van der Waals surface area contributed by atoms with Gasteiger partial charge in [0.25, 0.3) is 5.91 Å². The van der Waals surface area contributed by atoms with Crippen molar-refractivity contribution in [3.63, 3.8) is 0 Å². The number of aromatic nitrogens is 1. The molecule has 108 valence electrons. The molecule has 21 heavy (non-hydrogen) atoms. The zero-order valence-corrected chi connectivity index (χ0v) is 12.5. The Morgan fingerprint density at radius 1 is 1.05 bits per heavy atom. The first-order chi connectivity index (χ1) is 10.1. The Morgan fingerprint density at radius 3 is 2.24 bits per heavy atom. The van der Waals surface area contributed by atoms with Gasteiger partial charge in [-0.2, -0.15) is 0 Å². The summed E-state index contributed by atoms with van der Waals surface area (Å²) in [4.78, 5) is 27.3. The maximum Gasteiger partial charge on any atom is 0.258 e. The Hall–Kier alpha value is -2.34. The van der Waals surface area contributed by atoms with Crippen LogP contribution < -0.4 is 10.6 Å². The number of amides is 2. The summed E-state index contributed by atoms with van der Waals surface area (Å²) in [5.74, 6) is -0.341.